The topological polar surface area (TPSA) is 131 Å². The number of amides is 2. The van der Waals surface area contributed by atoms with Gasteiger partial charge in [0, 0.05) is 17.8 Å². The second-order valence-corrected chi connectivity index (χ2v) is 9.27. The van der Waals surface area contributed by atoms with Crippen molar-refractivity contribution in [1.82, 2.24) is 10.0 Å². The molecule has 1 aliphatic carbocycles. The van der Waals surface area contributed by atoms with Crippen LogP contribution in [0, 0.1) is 5.92 Å². The van der Waals surface area contributed by atoms with Gasteiger partial charge in [-0.05, 0) is 54.7 Å². The van der Waals surface area contributed by atoms with Crippen LogP contribution in [0.1, 0.15) is 28.8 Å². The molecular weight excluding hydrogens is 434 g/mol. The van der Waals surface area contributed by atoms with E-state index in [1.54, 1.807) is 24.3 Å². The van der Waals surface area contributed by atoms with Crippen LogP contribution in [0.5, 0.6) is 0 Å². The molecule has 10 heteroatoms. The van der Waals surface area contributed by atoms with E-state index in [2.05, 4.69) is 20.1 Å². The molecule has 0 heterocycles. The number of benzene rings is 2. The monoisotopic (exact) mass is 459 g/mol. The number of rotatable bonds is 10. The highest BCUT2D eigenvalue weighted by Gasteiger charge is 2.24. The molecule has 170 valence electrons. The van der Waals surface area contributed by atoms with Crippen LogP contribution in [-0.2, 0) is 30.8 Å². The molecule has 0 saturated heterocycles. The fraction of sp³-hybridized carbons (Fsp3) is 0.318. The van der Waals surface area contributed by atoms with Crippen LogP contribution in [0.3, 0.4) is 0 Å². The molecule has 3 N–H and O–H groups in total. The number of sulfonamides is 1. The van der Waals surface area contributed by atoms with Gasteiger partial charge in [-0.1, -0.05) is 18.2 Å². The second-order valence-electron chi connectivity index (χ2n) is 7.50. The average Bonchev–Trinajstić information content (AvgIpc) is 3.62. The molecule has 1 aliphatic rings. The summed E-state index contributed by atoms with van der Waals surface area (Å²) in [6, 6.07) is 12.5. The number of anilines is 1. The Morgan fingerprint density at radius 2 is 1.78 bits per heavy atom. The van der Waals surface area contributed by atoms with Crippen LogP contribution >= 0.6 is 0 Å². The maximum Gasteiger partial charge on any atom is 0.325 e. The molecule has 0 bridgehead atoms. The van der Waals surface area contributed by atoms with Gasteiger partial charge in [-0.25, -0.2) is 13.1 Å². The molecule has 2 aromatic rings. The zero-order chi connectivity index (χ0) is 23.1. The van der Waals surface area contributed by atoms with Crippen LogP contribution in [0.25, 0.3) is 0 Å². The number of ether oxygens (including phenoxy) is 1. The largest absolute Gasteiger partial charge is 0.468 e. The Morgan fingerprint density at radius 3 is 2.44 bits per heavy atom. The van der Waals surface area contributed by atoms with Crippen molar-refractivity contribution in [3.05, 3.63) is 59.7 Å². The third-order valence-corrected chi connectivity index (χ3v) is 6.32. The highest BCUT2D eigenvalue weighted by atomic mass is 32.2. The second kappa shape index (κ2) is 10.4. The molecular formula is C22H25N3O6S. The van der Waals surface area contributed by atoms with Gasteiger partial charge in [0.15, 0.2) is 0 Å². The van der Waals surface area contributed by atoms with Crippen molar-refractivity contribution < 1.29 is 27.5 Å². The molecule has 9 nitrogen and oxygen atoms in total. The van der Waals surface area contributed by atoms with Crippen molar-refractivity contribution in [3.63, 3.8) is 0 Å². The molecule has 0 unspecified atom stereocenters. The predicted molar refractivity (Wildman–Crippen MR) is 117 cm³/mol. The summed E-state index contributed by atoms with van der Waals surface area (Å²) in [6.07, 6.45) is 2.13. The van der Waals surface area contributed by atoms with E-state index in [1.807, 2.05) is 0 Å². The van der Waals surface area contributed by atoms with Gasteiger partial charge in [-0.15, -0.1) is 0 Å². The van der Waals surface area contributed by atoms with Crippen LogP contribution in [-0.4, -0.2) is 46.4 Å². The van der Waals surface area contributed by atoms with Gasteiger partial charge in [0.25, 0.3) is 5.91 Å². The molecule has 0 radical (unpaired) electrons. The highest BCUT2D eigenvalue weighted by Crippen LogP contribution is 2.28. The smallest absolute Gasteiger partial charge is 0.325 e. The summed E-state index contributed by atoms with van der Waals surface area (Å²) in [6.45, 7) is 0.209. The first-order chi connectivity index (χ1) is 15.3. The normalized spacial score (nSPS) is 13.3. The number of hydrogen-bond donors (Lipinski definition) is 3. The maximum absolute atomic E-state index is 12.6. The van der Waals surface area contributed by atoms with Crippen LogP contribution in [0.4, 0.5) is 5.69 Å². The van der Waals surface area contributed by atoms with Gasteiger partial charge in [-0.3, -0.25) is 14.4 Å². The Hall–Kier alpha value is -3.24. The molecule has 32 heavy (non-hydrogen) atoms. The van der Waals surface area contributed by atoms with E-state index >= 15 is 0 Å². The Bertz CT molecular complexity index is 1090. The summed E-state index contributed by atoms with van der Waals surface area (Å²) in [5.74, 6) is -0.918. The number of nitrogens with one attached hydrogen (secondary N) is 3. The molecule has 0 aliphatic heterocycles. The highest BCUT2D eigenvalue weighted by molar-refractivity contribution is 7.89. The van der Waals surface area contributed by atoms with Gasteiger partial charge < -0.3 is 15.4 Å². The summed E-state index contributed by atoms with van der Waals surface area (Å²) in [5, 5.41) is 5.16. The molecule has 2 aromatic carbocycles. The Kier molecular flexibility index (Phi) is 7.60. The predicted octanol–water partition coefficient (Wildman–Crippen LogP) is 1.46. The fourth-order valence-corrected chi connectivity index (χ4v) is 4.00. The number of esters is 1. The first-order valence-electron chi connectivity index (χ1n) is 10.1. The van der Waals surface area contributed by atoms with Crippen molar-refractivity contribution in [3.8, 4) is 0 Å². The van der Waals surface area contributed by atoms with E-state index < -0.39 is 21.9 Å². The third-order valence-electron chi connectivity index (χ3n) is 4.90. The molecule has 1 fully saturated rings. The van der Waals surface area contributed by atoms with Crippen LogP contribution in [0.2, 0.25) is 0 Å². The Labute approximate surface area is 186 Å². The summed E-state index contributed by atoms with van der Waals surface area (Å²) in [4.78, 5) is 35.5. The summed E-state index contributed by atoms with van der Waals surface area (Å²) < 4.78 is 31.9. The lowest BCUT2D eigenvalue weighted by molar-refractivity contribution is -0.141. The minimum Gasteiger partial charge on any atom is -0.468 e. The van der Waals surface area contributed by atoms with E-state index in [-0.39, 0.29) is 29.3 Å². The zero-order valence-electron chi connectivity index (χ0n) is 17.6. The van der Waals surface area contributed by atoms with E-state index in [4.69, 9.17) is 0 Å². The zero-order valence-corrected chi connectivity index (χ0v) is 18.4. The number of carbonyl (C=O) groups is 3. The summed E-state index contributed by atoms with van der Waals surface area (Å²) in [7, 11) is -2.43. The lowest BCUT2D eigenvalue weighted by atomic mass is 10.1. The third kappa shape index (κ3) is 6.89. The standard InChI is InChI=1S/C22H25N3O6S/c1-31-21(27)14-23-20(26)11-15-7-9-18(10-8-15)25-22(28)17-3-2-4-19(12-17)32(29,30)24-13-16-5-6-16/h2-4,7-10,12,16,24H,5-6,11,13-14H2,1H3,(H,23,26)(H,25,28). The summed E-state index contributed by atoms with van der Waals surface area (Å²) >= 11 is 0. The fourth-order valence-electron chi connectivity index (χ4n) is 2.84. The summed E-state index contributed by atoms with van der Waals surface area (Å²) in [5.41, 5.74) is 1.40. The first-order valence-corrected chi connectivity index (χ1v) is 11.6. The lowest BCUT2D eigenvalue weighted by Gasteiger charge is -2.09. The van der Waals surface area contributed by atoms with Gasteiger partial charge in [-0.2, -0.15) is 0 Å². The van der Waals surface area contributed by atoms with Gasteiger partial charge in [0.1, 0.15) is 6.54 Å². The van der Waals surface area contributed by atoms with Gasteiger partial charge >= 0.3 is 5.97 Å². The van der Waals surface area contributed by atoms with E-state index in [0.29, 0.717) is 23.7 Å². The quantitative estimate of drug-likeness (QED) is 0.461. The Balaban J connectivity index is 1.57. The molecule has 0 spiro atoms. The molecule has 3 rings (SSSR count). The van der Waals surface area contributed by atoms with E-state index in [9.17, 15) is 22.8 Å². The maximum atomic E-state index is 12.6. The Morgan fingerprint density at radius 1 is 1.06 bits per heavy atom. The van der Waals surface area contributed by atoms with Crippen molar-refractivity contribution in [2.24, 2.45) is 5.92 Å². The molecule has 0 atom stereocenters. The van der Waals surface area contributed by atoms with E-state index in [0.717, 1.165) is 12.8 Å². The molecule has 1 saturated carbocycles. The van der Waals surface area contributed by atoms with Gasteiger partial charge in [0.2, 0.25) is 15.9 Å². The average molecular weight is 460 g/mol. The minimum absolute atomic E-state index is 0.0408. The molecule has 0 aromatic heterocycles. The van der Waals surface area contributed by atoms with Crippen LogP contribution < -0.4 is 15.4 Å². The first kappa shape index (κ1) is 23.4. The minimum atomic E-state index is -3.67. The SMILES string of the molecule is COC(=O)CNC(=O)Cc1ccc(NC(=O)c2cccc(S(=O)(=O)NCC3CC3)c2)cc1. The van der Waals surface area contributed by atoms with Crippen molar-refractivity contribution in [1.29, 1.82) is 0 Å². The van der Waals surface area contributed by atoms with Crippen molar-refractivity contribution in [2.75, 3.05) is 25.5 Å². The lowest BCUT2D eigenvalue weighted by Crippen LogP contribution is -2.31. The molecule has 2 amide bonds. The van der Waals surface area contributed by atoms with Crippen molar-refractivity contribution in [2.45, 2.75) is 24.2 Å². The van der Waals surface area contributed by atoms with Crippen LogP contribution in [0.15, 0.2) is 53.4 Å². The van der Waals surface area contributed by atoms with Gasteiger partial charge in [0.05, 0.1) is 18.4 Å². The van der Waals surface area contributed by atoms with Crippen molar-refractivity contribution >= 4 is 33.5 Å². The number of methoxy groups -OCH3 is 1. The number of hydrogen-bond acceptors (Lipinski definition) is 6. The number of carbonyl (C=O) groups excluding carboxylic acids is 3. The van der Waals surface area contributed by atoms with E-state index in [1.165, 1.54) is 31.4 Å².